The van der Waals surface area contributed by atoms with Gasteiger partial charge in [-0.3, -0.25) is 4.99 Å². The molecular formula is C32H26N4. The molecule has 0 saturated carbocycles. The SMILES string of the molecule is CN1c2ccccc2C(c2c3nc4ccccc4c-3n(C)c3ccccc23)=C2N=C3CC=CC[C@H]3[C@@H]21. The first-order valence-corrected chi connectivity index (χ1v) is 12.8. The minimum Gasteiger partial charge on any atom is -0.365 e. The van der Waals surface area contributed by atoms with Crippen molar-refractivity contribution in [2.24, 2.45) is 18.0 Å². The van der Waals surface area contributed by atoms with Crippen LogP contribution < -0.4 is 4.90 Å². The van der Waals surface area contributed by atoms with Crippen LogP contribution in [0.5, 0.6) is 0 Å². The summed E-state index contributed by atoms with van der Waals surface area (Å²) in [5.41, 5.74) is 12.0. The van der Waals surface area contributed by atoms with Gasteiger partial charge in [0.05, 0.1) is 28.6 Å². The standard InChI is InChI=1S/C32H26N4/c1-35-25-17-9-5-13-21(25)27(29-31(35)19-11-3-7-15-23(19)33-29)28-22-14-6-10-18-26(22)36(2)32-20-12-4-8-16-24(20)34-30(28)32/h3-11,13-15,17-18,20,32H,12,16H2,1-2H3/t20-,32+/m1/s1. The molecule has 36 heavy (non-hydrogen) atoms. The van der Waals surface area contributed by atoms with E-state index in [-0.39, 0.29) is 6.04 Å². The van der Waals surface area contributed by atoms with Crippen molar-refractivity contribution < 1.29 is 0 Å². The summed E-state index contributed by atoms with van der Waals surface area (Å²) in [5.74, 6) is 0.423. The Morgan fingerprint density at radius 1 is 0.833 bits per heavy atom. The molecule has 3 aromatic carbocycles. The number of hydrogen-bond donors (Lipinski definition) is 0. The van der Waals surface area contributed by atoms with E-state index in [1.807, 2.05) is 0 Å². The van der Waals surface area contributed by atoms with E-state index in [0.29, 0.717) is 5.92 Å². The molecule has 0 bridgehead atoms. The number of para-hydroxylation sites is 3. The molecule has 8 rings (SSSR count). The van der Waals surface area contributed by atoms with Crippen molar-refractivity contribution in [1.29, 1.82) is 0 Å². The van der Waals surface area contributed by atoms with Crippen molar-refractivity contribution in [2.75, 3.05) is 11.9 Å². The number of aliphatic imine (C=N–C) groups is 1. The second kappa shape index (κ2) is 7.17. The normalized spacial score (nSPS) is 20.7. The van der Waals surface area contributed by atoms with Gasteiger partial charge in [0.15, 0.2) is 0 Å². The number of anilines is 1. The molecule has 4 heterocycles. The number of fused-ring (bicyclic) bond motifs is 8. The fraction of sp³-hybridized carbons (Fsp3) is 0.188. The zero-order chi connectivity index (χ0) is 24.0. The lowest BCUT2D eigenvalue weighted by Gasteiger charge is -2.39. The van der Waals surface area contributed by atoms with E-state index in [2.05, 4.69) is 109 Å². The monoisotopic (exact) mass is 466 g/mol. The topological polar surface area (TPSA) is 33.4 Å². The molecule has 0 fully saturated rings. The van der Waals surface area contributed by atoms with Crippen LogP contribution in [0.4, 0.5) is 5.69 Å². The summed E-state index contributed by atoms with van der Waals surface area (Å²) in [6.45, 7) is 0. The van der Waals surface area contributed by atoms with Gasteiger partial charge in [0.25, 0.3) is 0 Å². The smallest absolute Gasteiger partial charge is 0.0967 e. The highest BCUT2D eigenvalue weighted by Gasteiger charge is 2.44. The van der Waals surface area contributed by atoms with Gasteiger partial charge in [-0.15, -0.1) is 0 Å². The van der Waals surface area contributed by atoms with Crippen molar-refractivity contribution in [2.45, 2.75) is 18.9 Å². The van der Waals surface area contributed by atoms with Crippen molar-refractivity contribution in [1.82, 2.24) is 9.55 Å². The van der Waals surface area contributed by atoms with E-state index in [4.69, 9.17) is 9.98 Å². The number of likely N-dealkylation sites (N-methyl/N-ethyl adjacent to an activating group) is 1. The first kappa shape index (κ1) is 20.1. The molecule has 1 aliphatic carbocycles. The highest BCUT2D eigenvalue weighted by atomic mass is 15.2. The first-order valence-electron chi connectivity index (χ1n) is 12.8. The van der Waals surface area contributed by atoms with Crippen LogP contribution in [0.1, 0.15) is 24.0 Å². The number of aromatic nitrogens is 2. The van der Waals surface area contributed by atoms with Crippen LogP contribution in [0, 0.1) is 5.92 Å². The Balaban J connectivity index is 1.56. The number of pyridine rings is 1. The molecule has 0 unspecified atom stereocenters. The number of benzene rings is 3. The largest absolute Gasteiger partial charge is 0.365 e. The fourth-order valence-electron chi connectivity index (χ4n) is 6.85. The van der Waals surface area contributed by atoms with E-state index in [1.54, 1.807) is 0 Å². The Labute approximate surface area is 210 Å². The average Bonchev–Trinajstić information content (AvgIpc) is 3.50. The summed E-state index contributed by atoms with van der Waals surface area (Å²) in [6.07, 6.45) is 6.61. The molecule has 0 saturated heterocycles. The molecule has 0 aromatic heterocycles. The van der Waals surface area contributed by atoms with Gasteiger partial charge in [0.2, 0.25) is 0 Å². The van der Waals surface area contributed by atoms with Crippen LogP contribution >= 0.6 is 0 Å². The Bertz CT molecular complexity index is 1780. The number of rotatable bonds is 1. The molecule has 4 heteroatoms. The van der Waals surface area contributed by atoms with Crippen LogP contribution in [0.25, 0.3) is 38.8 Å². The van der Waals surface area contributed by atoms with Crippen molar-refractivity contribution in [3.8, 4) is 11.4 Å². The zero-order valence-corrected chi connectivity index (χ0v) is 20.4. The second-order valence-corrected chi connectivity index (χ2v) is 10.2. The minimum atomic E-state index is 0.238. The molecule has 3 aromatic rings. The van der Waals surface area contributed by atoms with Crippen LogP contribution in [-0.4, -0.2) is 28.4 Å². The van der Waals surface area contributed by atoms with E-state index in [0.717, 1.165) is 24.1 Å². The van der Waals surface area contributed by atoms with Crippen molar-refractivity contribution >= 4 is 38.8 Å². The Kier molecular flexibility index (Phi) is 4.00. The summed E-state index contributed by atoms with van der Waals surface area (Å²) in [5, 5.41) is 2.42. The maximum Gasteiger partial charge on any atom is 0.0967 e. The quantitative estimate of drug-likeness (QED) is 0.254. The molecule has 174 valence electrons. The molecule has 2 atom stereocenters. The van der Waals surface area contributed by atoms with Crippen molar-refractivity contribution in [3.05, 3.63) is 102 Å². The molecule has 0 spiro atoms. The van der Waals surface area contributed by atoms with Crippen LogP contribution in [-0.2, 0) is 7.05 Å². The van der Waals surface area contributed by atoms with E-state index in [9.17, 15) is 0 Å². The fourth-order valence-corrected chi connectivity index (χ4v) is 6.85. The van der Waals surface area contributed by atoms with Crippen molar-refractivity contribution in [3.63, 3.8) is 0 Å². The molecule has 5 aliphatic rings. The van der Waals surface area contributed by atoms with Gasteiger partial charge < -0.3 is 9.47 Å². The van der Waals surface area contributed by atoms with Gasteiger partial charge in [-0.2, -0.15) is 0 Å². The lowest BCUT2D eigenvalue weighted by molar-refractivity contribution is 0.576. The van der Waals surface area contributed by atoms with Crippen LogP contribution in [0.3, 0.4) is 0 Å². The van der Waals surface area contributed by atoms with Crippen LogP contribution in [0.2, 0.25) is 0 Å². The highest BCUT2D eigenvalue weighted by Crippen LogP contribution is 2.51. The van der Waals surface area contributed by atoms with Gasteiger partial charge in [-0.05, 0) is 24.6 Å². The Hall–Kier alpha value is -4.18. The number of hydrogen-bond acceptors (Lipinski definition) is 3. The molecular weight excluding hydrogens is 440 g/mol. The zero-order valence-electron chi connectivity index (χ0n) is 20.4. The molecule has 0 amide bonds. The van der Waals surface area contributed by atoms with Gasteiger partial charge in [0.1, 0.15) is 0 Å². The Morgan fingerprint density at radius 2 is 1.61 bits per heavy atom. The van der Waals surface area contributed by atoms with Gasteiger partial charge in [0, 0.05) is 70.8 Å². The predicted molar refractivity (Wildman–Crippen MR) is 149 cm³/mol. The third-order valence-electron chi connectivity index (χ3n) is 8.44. The van der Waals surface area contributed by atoms with E-state index >= 15 is 0 Å². The average molecular weight is 467 g/mol. The van der Waals surface area contributed by atoms with E-state index < -0.39 is 0 Å². The second-order valence-electron chi connectivity index (χ2n) is 10.2. The van der Waals surface area contributed by atoms with E-state index in [1.165, 1.54) is 55.8 Å². The Morgan fingerprint density at radius 3 is 2.53 bits per heavy atom. The molecule has 0 radical (unpaired) electrons. The summed E-state index contributed by atoms with van der Waals surface area (Å²) in [4.78, 5) is 13.1. The summed E-state index contributed by atoms with van der Waals surface area (Å²) >= 11 is 0. The number of allylic oxidation sites excluding steroid dienone is 2. The van der Waals surface area contributed by atoms with Gasteiger partial charge >= 0.3 is 0 Å². The van der Waals surface area contributed by atoms with Gasteiger partial charge in [-0.25, -0.2) is 4.98 Å². The summed E-state index contributed by atoms with van der Waals surface area (Å²) in [6, 6.07) is 26.4. The molecule has 4 nitrogen and oxygen atoms in total. The predicted octanol–water partition coefficient (Wildman–Crippen LogP) is 6.83. The summed E-state index contributed by atoms with van der Waals surface area (Å²) in [7, 11) is 4.41. The molecule has 4 aliphatic heterocycles. The maximum absolute atomic E-state index is 5.40. The number of aryl methyl sites for hydroxylation is 1. The van der Waals surface area contributed by atoms with Gasteiger partial charge in [-0.1, -0.05) is 66.7 Å². The first-order chi connectivity index (χ1) is 17.7. The highest BCUT2D eigenvalue weighted by molar-refractivity contribution is 6.12. The summed E-state index contributed by atoms with van der Waals surface area (Å²) < 4.78 is 2.32. The maximum atomic E-state index is 5.40. The third kappa shape index (κ3) is 2.49. The van der Waals surface area contributed by atoms with Crippen LogP contribution in [0.15, 0.2) is 95.6 Å². The lowest BCUT2D eigenvalue weighted by atomic mass is 9.80. The minimum absolute atomic E-state index is 0.238. The third-order valence-corrected chi connectivity index (χ3v) is 8.44. The number of nitrogens with zero attached hydrogens (tertiary/aromatic N) is 4. The molecule has 0 N–H and O–H groups in total. The lowest BCUT2D eigenvalue weighted by Crippen LogP contribution is -2.42.